The SMILES string of the molecule is CC(C)C1CNC(C)(C)CN1C1CCN(C)CC1C. The predicted molar refractivity (Wildman–Crippen MR) is 82.5 cm³/mol. The molecule has 19 heavy (non-hydrogen) atoms. The lowest BCUT2D eigenvalue weighted by atomic mass is 9.85. The van der Waals surface area contributed by atoms with Crippen molar-refractivity contribution in [2.45, 2.75) is 58.7 Å². The number of piperazine rings is 1. The first-order valence-electron chi connectivity index (χ1n) is 7.99. The van der Waals surface area contributed by atoms with Crippen molar-refractivity contribution in [2.24, 2.45) is 11.8 Å². The van der Waals surface area contributed by atoms with Crippen molar-refractivity contribution in [3.8, 4) is 0 Å². The molecule has 2 aliphatic heterocycles. The van der Waals surface area contributed by atoms with E-state index in [1.165, 1.54) is 26.1 Å². The van der Waals surface area contributed by atoms with Gasteiger partial charge >= 0.3 is 0 Å². The first-order valence-corrected chi connectivity index (χ1v) is 7.99. The summed E-state index contributed by atoms with van der Waals surface area (Å²) in [7, 11) is 2.26. The normalized spacial score (nSPS) is 37.7. The van der Waals surface area contributed by atoms with Crippen LogP contribution >= 0.6 is 0 Å². The molecule has 2 heterocycles. The van der Waals surface area contributed by atoms with Crippen molar-refractivity contribution < 1.29 is 0 Å². The Morgan fingerprint density at radius 1 is 1.26 bits per heavy atom. The lowest BCUT2D eigenvalue weighted by Crippen LogP contribution is -2.67. The number of nitrogens with zero attached hydrogens (tertiary/aromatic N) is 2. The second kappa shape index (κ2) is 5.71. The zero-order valence-electron chi connectivity index (χ0n) is 13.7. The molecule has 3 nitrogen and oxygen atoms in total. The number of likely N-dealkylation sites (tertiary alicyclic amines) is 1. The van der Waals surface area contributed by atoms with E-state index < -0.39 is 0 Å². The van der Waals surface area contributed by atoms with Crippen molar-refractivity contribution in [3.05, 3.63) is 0 Å². The summed E-state index contributed by atoms with van der Waals surface area (Å²) in [6.45, 7) is 16.7. The quantitative estimate of drug-likeness (QED) is 0.826. The van der Waals surface area contributed by atoms with Crippen molar-refractivity contribution in [1.82, 2.24) is 15.1 Å². The molecule has 2 rings (SSSR count). The van der Waals surface area contributed by atoms with E-state index in [9.17, 15) is 0 Å². The molecule has 112 valence electrons. The molecule has 0 aromatic heterocycles. The van der Waals surface area contributed by atoms with Crippen LogP contribution in [0.1, 0.15) is 41.0 Å². The van der Waals surface area contributed by atoms with Gasteiger partial charge in [-0.15, -0.1) is 0 Å². The molecule has 3 atom stereocenters. The Bertz CT molecular complexity index is 300. The fourth-order valence-electron chi connectivity index (χ4n) is 3.94. The Morgan fingerprint density at radius 3 is 2.53 bits per heavy atom. The molecule has 0 aliphatic carbocycles. The molecule has 2 fully saturated rings. The van der Waals surface area contributed by atoms with Gasteiger partial charge in [0.2, 0.25) is 0 Å². The number of piperidine rings is 1. The van der Waals surface area contributed by atoms with Crippen LogP contribution in [-0.2, 0) is 0 Å². The summed E-state index contributed by atoms with van der Waals surface area (Å²) in [6.07, 6.45) is 1.33. The van der Waals surface area contributed by atoms with Gasteiger partial charge in [0.1, 0.15) is 0 Å². The number of nitrogens with one attached hydrogen (secondary N) is 1. The van der Waals surface area contributed by atoms with E-state index in [1.54, 1.807) is 0 Å². The highest BCUT2D eigenvalue weighted by atomic mass is 15.3. The maximum atomic E-state index is 3.73. The number of rotatable bonds is 2. The van der Waals surface area contributed by atoms with Gasteiger partial charge in [-0.1, -0.05) is 20.8 Å². The fraction of sp³-hybridized carbons (Fsp3) is 1.00. The van der Waals surface area contributed by atoms with Crippen LogP contribution < -0.4 is 5.32 Å². The maximum Gasteiger partial charge on any atom is 0.0253 e. The summed E-state index contributed by atoms with van der Waals surface area (Å²) in [5.41, 5.74) is 0.258. The third-order valence-corrected chi connectivity index (χ3v) is 5.05. The standard InChI is InChI=1S/C16H33N3/c1-12(2)15-9-17-16(4,5)11-19(15)14-7-8-18(6)10-13(14)3/h12-15,17H,7-11H2,1-6H3. The average molecular weight is 267 g/mol. The molecule has 3 unspecified atom stereocenters. The molecule has 0 aromatic carbocycles. The van der Waals surface area contributed by atoms with E-state index >= 15 is 0 Å². The number of hydrogen-bond acceptors (Lipinski definition) is 3. The second-order valence-electron chi connectivity index (χ2n) is 7.84. The van der Waals surface area contributed by atoms with Gasteiger partial charge in [-0.3, -0.25) is 4.90 Å². The minimum Gasteiger partial charge on any atom is -0.309 e. The van der Waals surface area contributed by atoms with Crippen LogP contribution in [0.4, 0.5) is 0 Å². The highest BCUT2D eigenvalue weighted by Gasteiger charge is 2.40. The molecule has 0 spiro atoms. The molecular formula is C16H33N3. The Balaban J connectivity index is 2.12. The Hall–Kier alpha value is -0.120. The summed E-state index contributed by atoms with van der Waals surface area (Å²) in [5, 5.41) is 3.73. The maximum absolute atomic E-state index is 3.73. The first kappa shape index (κ1) is 15.3. The fourth-order valence-corrected chi connectivity index (χ4v) is 3.94. The number of hydrogen-bond donors (Lipinski definition) is 1. The van der Waals surface area contributed by atoms with Gasteiger partial charge in [-0.2, -0.15) is 0 Å². The minimum atomic E-state index is 0.258. The van der Waals surface area contributed by atoms with E-state index in [0.717, 1.165) is 24.4 Å². The molecular weight excluding hydrogens is 234 g/mol. The van der Waals surface area contributed by atoms with Gasteiger partial charge < -0.3 is 10.2 Å². The third kappa shape index (κ3) is 3.50. The van der Waals surface area contributed by atoms with E-state index in [2.05, 4.69) is 56.8 Å². The van der Waals surface area contributed by atoms with Crippen molar-refractivity contribution in [2.75, 3.05) is 33.2 Å². The largest absolute Gasteiger partial charge is 0.309 e. The van der Waals surface area contributed by atoms with Gasteiger partial charge in [0.15, 0.2) is 0 Å². The molecule has 0 saturated carbocycles. The molecule has 2 aliphatic rings. The van der Waals surface area contributed by atoms with Crippen LogP contribution in [0.2, 0.25) is 0 Å². The molecule has 0 amide bonds. The van der Waals surface area contributed by atoms with Crippen LogP contribution in [0.25, 0.3) is 0 Å². The smallest absolute Gasteiger partial charge is 0.0253 e. The van der Waals surface area contributed by atoms with Gasteiger partial charge in [-0.25, -0.2) is 0 Å². The Labute approximate surface area is 119 Å². The minimum absolute atomic E-state index is 0.258. The second-order valence-corrected chi connectivity index (χ2v) is 7.84. The molecule has 3 heteroatoms. The summed E-state index contributed by atoms with van der Waals surface area (Å²) in [6, 6.07) is 1.47. The van der Waals surface area contributed by atoms with Crippen molar-refractivity contribution in [3.63, 3.8) is 0 Å². The van der Waals surface area contributed by atoms with Crippen LogP contribution in [0.15, 0.2) is 0 Å². The van der Waals surface area contributed by atoms with E-state index in [1.807, 2.05) is 0 Å². The molecule has 0 aromatic rings. The molecule has 0 bridgehead atoms. The summed E-state index contributed by atoms with van der Waals surface area (Å²) in [5.74, 6) is 1.52. The first-order chi connectivity index (χ1) is 8.80. The van der Waals surface area contributed by atoms with E-state index in [0.29, 0.717) is 6.04 Å². The van der Waals surface area contributed by atoms with Gasteiger partial charge in [0.25, 0.3) is 0 Å². The van der Waals surface area contributed by atoms with E-state index in [-0.39, 0.29) is 5.54 Å². The molecule has 0 radical (unpaired) electrons. The monoisotopic (exact) mass is 267 g/mol. The van der Waals surface area contributed by atoms with E-state index in [4.69, 9.17) is 0 Å². The van der Waals surface area contributed by atoms with Crippen LogP contribution in [-0.4, -0.2) is 60.6 Å². The van der Waals surface area contributed by atoms with Gasteiger partial charge in [0.05, 0.1) is 0 Å². The highest BCUT2D eigenvalue weighted by Crippen LogP contribution is 2.29. The predicted octanol–water partition coefficient (Wildman–Crippen LogP) is 2.04. The topological polar surface area (TPSA) is 18.5 Å². The average Bonchev–Trinajstić information content (AvgIpc) is 2.27. The van der Waals surface area contributed by atoms with Gasteiger partial charge in [0, 0.05) is 37.3 Å². The highest BCUT2D eigenvalue weighted by molar-refractivity contribution is 4.98. The zero-order valence-corrected chi connectivity index (χ0v) is 13.7. The summed E-state index contributed by atoms with van der Waals surface area (Å²) >= 11 is 0. The molecule has 2 saturated heterocycles. The molecule has 1 N–H and O–H groups in total. The summed E-state index contributed by atoms with van der Waals surface area (Å²) in [4.78, 5) is 5.32. The van der Waals surface area contributed by atoms with Crippen LogP contribution in [0.3, 0.4) is 0 Å². The van der Waals surface area contributed by atoms with Crippen LogP contribution in [0, 0.1) is 11.8 Å². The van der Waals surface area contributed by atoms with Crippen molar-refractivity contribution >= 4 is 0 Å². The lowest BCUT2D eigenvalue weighted by Gasteiger charge is -2.52. The lowest BCUT2D eigenvalue weighted by molar-refractivity contribution is -0.0136. The summed E-state index contributed by atoms with van der Waals surface area (Å²) < 4.78 is 0. The Morgan fingerprint density at radius 2 is 1.95 bits per heavy atom. The zero-order chi connectivity index (χ0) is 14.2. The van der Waals surface area contributed by atoms with Gasteiger partial charge in [-0.05, 0) is 45.7 Å². The van der Waals surface area contributed by atoms with Crippen molar-refractivity contribution in [1.29, 1.82) is 0 Å². The Kier molecular flexibility index (Phi) is 4.59. The van der Waals surface area contributed by atoms with Crippen LogP contribution in [0.5, 0.6) is 0 Å². The third-order valence-electron chi connectivity index (χ3n) is 5.05.